The topological polar surface area (TPSA) is 62.3 Å². The molecule has 0 aliphatic heterocycles. The Balaban J connectivity index is 0.00000324. The van der Waals surface area contributed by atoms with E-state index in [1.165, 1.54) is 12.1 Å². The van der Waals surface area contributed by atoms with E-state index in [1.807, 2.05) is 43.3 Å². The second-order valence-electron chi connectivity index (χ2n) is 8.55. The number of aromatic nitrogens is 2. The van der Waals surface area contributed by atoms with Crippen molar-refractivity contribution in [2.24, 2.45) is 0 Å². The van der Waals surface area contributed by atoms with E-state index in [9.17, 15) is 13.2 Å². The lowest BCUT2D eigenvalue weighted by Gasteiger charge is -2.30. The van der Waals surface area contributed by atoms with Crippen LogP contribution in [0.4, 0.5) is 24.9 Å². The fourth-order valence-electron chi connectivity index (χ4n) is 4.16. The molecular weight excluding hydrogens is 443 g/mol. The highest BCUT2D eigenvalue weighted by atomic mass is 19.4. The molecule has 9 heteroatoms. The highest BCUT2D eigenvalue weighted by molar-refractivity contribution is 5.90. The van der Waals surface area contributed by atoms with Crippen LogP contribution in [0.25, 0.3) is 10.9 Å². The summed E-state index contributed by atoms with van der Waals surface area (Å²) in [5.74, 6) is 1.34. The van der Waals surface area contributed by atoms with Crippen LogP contribution in [0.3, 0.4) is 0 Å². The molecule has 1 aliphatic rings. The molecule has 1 saturated carbocycles. The number of rotatable bonds is 7. The molecule has 0 saturated heterocycles. The number of anilines is 2. The largest absolute Gasteiger partial charge is 0.573 e. The van der Waals surface area contributed by atoms with Crippen molar-refractivity contribution >= 4 is 22.7 Å². The van der Waals surface area contributed by atoms with E-state index in [2.05, 4.69) is 15.4 Å². The van der Waals surface area contributed by atoms with E-state index in [4.69, 9.17) is 9.97 Å². The van der Waals surface area contributed by atoms with Gasteiger partial charge >= 0.3 is 6.36 Å². The molecule has 1 aliphatic carbocycles. The molecule has 184 valence electrons. The molecule has 2 aromatic carbocycles. The highest BCUT2D eigenvalue weighted by Gasteiger charge is 2.31. The van der Waals surface area contributed by atoms with Crippen molar-refractivity contribution in [3.8, 4) is 5.75 Å². The summed E-state index contributed by atoms with van der Waals surface area (Å²) in [6.45, 7) is 0.606. The van der Waals surface area contributed by atoms with Crippen molar-refractivity contribution in [2.75, 3.05) is 24.3 Å². The zero-order chi connectivity index (χ0) is 23.4. The van der Waals surface area contributed by atoms with E-state index in [-0.39, 0.29) is 13.2 Å². The van der Waals surface area contributed by atoms with Crippen LogP contribution in [0.1, 0.15) is 38.7 Å². The lowest BCUT2D eigenvalue weighted by atomic mass is 9.91. The second kappa shape index (κ2) is 10.9. The lowest BCUT2D eigenvalue weighted by molar-refractivity contribution is -0.274. The number of para-hydroxylation sites is 1. The fraction of sp³-hybridized carbons (Fsp3) is 0.440. The molecule has 34 heavy (non-hydrogen) atoms. The first-order valence-corrected chi connectivity index (χ1v) is 11.1. The third-order valence-electron chi connectivity index (χ3n) is 5.82. The fourth-order valence-corrected chi connectivity index (χ4v) is 4.16. The summed E-state index contributed by atoms with van der Waals surface area (Å²) >= 11 is 0. The van der Waals surface area contributed by atoms with Crippen LogP contribution in [0.5, 0.6) is 5.75 Å². The maximum Gasteiger partial charge on any atom is 0.573 e. The van der Waals surface area contributed by atoms with Gasteiger partial charge in [0.15, 0.2) is 0 Å². The van der Waals surface area contributed by atoms with Gasteiger partial charge in [-0.15, -0.1) is 13.2 Å². The number of benzene rings is 2. The van der Waals surface area contributed by atoms with E-state index in [0.29, 0.717) is 24.6 Å². The van der Waals surface area contributed by atoms with Gasteiger partial charge in [0.25, 0.3) is 0 Å². The van der Waals surface area contributed by atoms with Crippen molar-refractivity contribution in [1.29, 1.82) is 0 Å². The Bertz CT molecular complexity index is 1060. The molecule has 6 nitrogen and oxygen atoms in total. The Kier molecular flexibility index (Phi) is 8.19. The van der Waals surface area contributed by atoms with Crippen molar-refractivity contribution < 1.29 is 17.9 Å². The van der Waals surface area contributed by atoms with Crippen LogP contribution < -0.4 is 20.3 Å². The van der Waals surface area contributed by atoms with Gasteiger partial charge in [-0.3, -0.25) is 0 Å². The molecule has 2 N–H and O–H groups in total. The van der Waals surface area contributed by atoms with E-state index >= 15 is 0 Å². The molecular formula is C25H32F3N5O. The summed E-state index contributed by atoms with van der Waals surface area (Å²) in [6, 6.07) is 14.7. The number of nitrogens with one attached hydrogen (secondary N) is 2. The maximum absolute atomic E-state index is 12.3. The third kappa shape index (κ3) is 6.72. The molecule has 0 amide bonds. The molecule has 0 spiro atoms. The van der Waals surface area contributed by atoms with Gasteiger partial charge in [0.2, 0.25) is 5.95 Å². The first-order chi connectivity index (χ1) is 15.8. The van der Waals surface area contributed by atoms with E-state index in [1.54, 1.807) is 12.1 Å². The number of alkyl halides is 3. The predicted octanol–water partition coefficient (Wildman–Crippen LogP) is 5.74. The van der Waals surface area contributed by atoms with E-state index in [0.717, 1.165) is 48.0 Å². The van der Waals surface area contributed by atoms with Crippen LogP contribution in [-0.4, -0.2) is 42.5 Å². The zero-order valence-corrected chi connectivity index (χ0v) is 18.7. The molecule has 0 unspecified atom stereocenters. The normalized spacial score (nSPS) is 18.3. The van der Waals surface area contributed by atoms with Gasteiger partial charge in [0.05, 0.1) is 5.52 Å². The zero-order valence-electron chi connectivity index (χ0n) is 18.7. The molecule has 0 bridgehead atoms. The number of halogens is 3. The monoisotopic (exact) mass is 475 g/mol. The first-order valence-electron chi connectivity index (χ1n) is 11.1. The van der Waals surface area contributed by atoms with Crippen LogP contribution >= 0.6 is 0 Å². The Morgan fingerprint density at radius 1 is 0.941 bits per heavy atom. The van der Waals surface area contributed by atoms with Crippen LogP contribution in [0, 0.1) is 0 Å². The van der Waals surface area contributed by atoms with Gasteiger partial charge in [-0.25, -0.2) is 4.98 Å². The van der Waals surface area contributed by atoms with Gasteiger partial charge in [-0.2, -0.15) is 4.98 Å². The highest BCUT2D eigenvalue weighted by Crippen LogP contribution is 2.27. The lowest BCUT2D eigenvalue weighted by Crippen LogP contribution is -2.37. The summed E-state index contributed by atoms with van der Waals surface area (Å²) in [5.41, 5.74) is 1.84. The quantitative estimate of drug-likeness (QED) is 0.454. The average Bonchev–Trinajstić information content (AvgIpc) is 2.78. The summed E-state index contributed by atoms with van der Waals surface area (Å²) in [7, 11) is 3.96. The molecule has 3 aromatic rings. The third-order valence-corrected chi connectivity index (χ3v) is 5.82. The number of hydrogen-bond donors (Lipinski definition) is 2. The summed E-state index contributed by atoms with van der Waals surface area (Å²) in [4.78, 5) is 11.4. The maximum atomic E-state index is 12.3. The van der Waals surface area contributed by atoms with Gasteiger partial charge in [0.1, 0.15) is 11.6 Å². The van der Waals surface area contributed by atoms with Crippen LogP contribution in [-0.2, 0) is 6.54 Å². The number of hydrogen-bond acceptors (Lipinski definition) is 6. The van der Waals surface area contributed by atoms with Crippen molar-refractivity contribution in [3.63, 3.8) is 0 Å². The Labute approximate surface area is 198 Å². The van der Waals surface area contributed by atoms with Crippen molar-refractivity contribution in [1.82, 2.24) is 15.3 Å². The molecule has 1 fully saturated rings. The van der Waals surface area contributed by atoms with Gasteiger partial charge < -0.3 is 20.3 Å². The molecule has 0 radical (unpaired) electrons. The van der Waals surface area contributed by atoms with Crippen LogP contribution in [0.15, 0.2) is 48.5 Å². The minimum atomic E-state index is -4.67. The summed E-state index contributed by atoms with van der Waals surface area (Å²) in [6.07, 6.45) is -0.687. The SMILES string of the molecule is C.CN(C)c1nc(NC2CCC(NCc3ccc(OC(F)(F)F)cc3)CC2)nc2ccccc12. The van der Waals surface area contributed by atoms with Crippen molar-refractivity contribution in [2.45, 2.75) is 58.1 Å². The van der Waals surface area contributed by atoms with Crippen molar-refractivity contribution in [3.05, 3.63) is 54.1 Å². The van der Waals surface area contributed by atoms with E-state index < -0.39 is 6.36 Å². The van der Waals surface area contributed by atoms with Crippen LogP contribution in [0.2, 0.25) is 0 Å². The molecule has 1 aromatic heterocycles. The summed E-state index contributed by atoms with van der Waals surface area (Å²) in [5, 5.41) is 8.04. The van der Waals surface area contributed by atoms with Gasteiger partial charge in [-0.1, -0.05) is 31.7 Å². The first kappa shape index (κ1) is 25.6. The second-order valence-corrected chi connectivity index (χ2v) is 8.55. The van der Waals surface area contributed by atoms with Gasteiger partial charge in [-0.05, 0) is 55.5 Å². The average molecular weight is 476 g/mol. The molecule has 0 atom stereocenters. The predicted molar refractivity (Wildman–Crippen MR) is 130 cm³/mol. The Hall–Kier alpha value is -3.07. The number of nitrogens with zero attached hydrogens (tertiary/aromatic N) is 3. The standard InChI is InChI=1S/C24H28F3N5O.CH4/c1-32(2)22-20-5-3-4-6-21(20)30-23(31-22)29-18-11-9-17(10-12-18)28-15-16-7-13-19(14-8-16)33-24(25,26)27;/h3-8,13-14,17-18,28H,9-12,15H2,1-2H3,(H,29,30,31);1H4. The van der Waals surface area contributed by atoms with Gasteiger partial charge in [0, 0.05) is 38.1 Å². The summed E-state index contributed by atoms with van der Waals surface area (Å²) < 4.78 is 40.7. The Morgan fingerprint density at radius 3 is 2.24 bits per heavy atom. The minimum Gasteiger partial charge on any atom is -0.406 e. The molecule has 1 heterocycles. The number of fused-ring (bicyclic) bond motifs is 1. The molecule has 4 rings (SSSR count). The smallest absolute Gasteiger partial charge is 0.406 e. The number of ether oxygens (including phenoxy) is 1. The Morgan fingerprint density at radius 2 is 1.59 bits per heavy atom. The minimum absolute atomic E-state index is 0.